The number of hydrogen-bond donors (Lipinski definition) is 3. The van der Waals surface area contributed by atoms with Gasteiger partial charge in [0.2, 0.25) is 5.91 Å². The van der Waals surface area contributed by atoms with Crippen LogP contribution in [0.3, 0.4) is 0 Å². The van der Waals surface area contributed by atoms with E-state index in [-0.39, 0.29) is 57.7 Å². The van der Waals surface area contributed by atoms with Gasteiger partial charge in [0.05, 0.1) is 32.0 Å². The summed E-state index contributed by atoms with van der Waals surface area (Å²) in [7, 11) is 0. The van der Waals surface area contributed by atoms with Gasteiger partial charge in [-0.2, -0.15) is 0 Å². The molecule has 1 atom stereocenters. The Morgan fingerprint density at radius 3 is 2.32 bits per heavy atom. The predicted octanol–water partition coefficient (Wildman–Crippen LogP) is 5.08. The largest absolute Gasteiger partial charge is 0.480 e. The summed E-state index contributed by atoms with van der Waals surface area (Å²) in [5.41, 5.74) is 4.19. The minimum atomic E-state index is -1.19. The van der Waals surface area contributed by atoms with E-state index in [0.717, 1.165) is 27.8 Å². The Labute approximate surface area is 330 Å². The maximum absolute atomic E-state index is 13.6. The van der Waals surface area contributed by atoms with Gasteiger partial charge in [-0.15, -0.1) is 5.10 Å². The molecule has 3 aromatic carbocycles. The van der Waals surface area contributed by atoms with Crippen molar-refractivity contribution in [3.63, 3.8) is 0 Å². The van der Waals surface area contributed by atoms with Crippen molar-refractivity contribution in [1.82, 2.24) is 30.5 Å². The third kappa shape index (κ3) is 8.49. The molecule has 1 aliphatic carbocycles. The molecule has 0 unspecified atom stereocenters. The summed E-state index contributed by atoms with van der Waals surface area (Å²) in [6.07, 6.45) is 0.408. The summed E-state index contributed by atoms with van der Waals surface area (Å²) in [6.45, 7) is 5.35. The van der Waals surface area contributed by atoms with Gasteiger partial charge in [0, 0.05) is 19.1 Å². The molecule has 15 nitrogen and oxygen atoms in total. The van der Waals surface area contributed by atoms with E-state index in [1.807, 2.05) is 78.9 Å². The van der Waals surface area contributed by atoms with Crippen LogP contribution in [-0.4, -0.2) is 94.6 Å². The van der Waals surface area contributed by atoms with E-state index < -0.39 is 35.3 Å². The van der Waals surface area contributed by atoms with Gasteiger partial charge in [-0.05, 0) is 67.3 Å². The van der Waals surface area contributed by atoms with Crippen molar-refractivity contribution >= 4 is 24.1 Å². The van der Waals surface area contributed by atoms with Crippen molar-refractivity contribution in [2.45, 2.75) is 75.8 Å². The summed E-state index contributed by atoms with van der Waals surface area (Å²) in [5.74, 6) is -1.64. The smallest absolute Gasteiger partial charge is 0.410 e. The molecule has 3 amide bonds. The van der Waals surface area contributed by atoms with Crippen LogP contribution in [0, 0.1) is 0 Å². The Balaban J connectivity index is 0.897. The molecule has 2 aliphatic heterocycles. The number of alkyl carbamates (subject to hydrolysis) is 1. The van der Waals surface area contributed by atoms with Crippen LogP contribution in [0.2, 0.25) is 0 Å². The minimum Gasteiger partial charge on any atom is -0.480 e. The Hall–Kier alpha value is -5.80. The molecule has 3 heterocycles. The first-order valence-electron chi connectivity index (χ1n) is 19.3. The molecule has 3 N–H and O–H groups in total. The minimum absolute atomic E-state index is 0.0748. The second-order valence-electron chi connectivity index (χ2n) is 15.1. The quantitative estimate of drug-likeness (QED) is 0.154. The number of carbonyl (C=O) groups excluding carboxylic acids is 3. The van der Waals surface area contributed by atoms with Crippen LogP contribution < -0.4 is 10.6 Å². The van der Waals surface area contributed by atoms with Gasteiger partial charge < -0.3 is 39.6 Å². The van der Waals surface area contributed by atoms with Crippen LogP contribution in [0.5, 0.6) is 0 Å². The summed E-state index contributed by atoms with van der Waals surface area (Å²) in [6, 6.07) is 24.2. The van der Waals surface area contributed by atoms with Crippen molar-refractivity contribution in [2.24, 2.45) is 0 Å². The lowest BCUT2D eigenvalue weighted by atomic mass is 9.88. The molecule has 0 radical (unpaired) electrons. The Morgan fingerprint density at radius 1 is 0.930 bits per heavy atom. The van der Waals surface area contributed by atoms with Crippen molar-refractivity contribution in [2.75, 3.05) is 39.5 Å². The molecule has 0 saturated carbocycles. The maximum Gasteiger partial charge on any atom is 0.410 e. The van der Waals surface area contributed by atoms with E-state index >= 15 is 0 Å². The second kappa shape index (κ2) is 17.1. The number of carboxylic acids is 1. The van der Waals surface area contributed by atoms with E-state index in [0.29, 0.717) is 43.9 Å². The summed E-state index contributed by atoms with van der Waals surface area (Å²) < 4.78 is 24.9. The molecule has 0 bridgehead atoms. The summed E-state index contributed by atoms with van der Waals surface area (Å²) >= 11 is 0. The zero-order valence-electron chi connectivity index (χ0n) is 32.1. The number of aromatic nitrogens is 3. The number of ether oxygens (including phenoxy) is 4. The fourth-order valence-corrected chi connectivity index (χ4v) is 7.68. The maximum atomic E-state index is 13.6. The van der Waals surface area contributed by atoms with Gasteiger partial charge in [0.1, 0.15) is 36.1 Å². The van der Waals surface area contributed by atoms with Crippen molar-refractivity contribution in [3.05, 3.63) is 107 Å². The first kappa shape index (κ1) is 39.4. The second-order valence-corrected chi connectivity index (χ2v) is 15.1. The van der Waals surface area contributed by atoms with E-state index in [9.17, 15) is 24.3 Å². The standard InChI is InChI=1S/C42H48N6O9/c1-41(2,48-35-25-54-21-12-22-57-42(36(35)45-46-48)26-47(27-42)40(53)56-23-28-13-4-3-5-14-28)38(51)43-20-11-10-19-34(37(49)50)44-39(52)55-24-33-31-17-8-6-15-29(31)30-16-7-9-18-32(30)33/h3-9,13-18,33-34H,10-12,19-27H2,1-2H3,(H,43,51)(H,44,52)(H,49,50)/t34-/m0/s1. The number of hydrogen-bond acceptors (Lipinski definition) is 10. The Kier molecular flexibility index (Phi) is 11.9. The van der Waals surface area contributed by atoms with E-state index in [4.69, 9.17) is 18.9 Å². The molecular weight excluding hydrogens is 732 g/mol. The van der Waals surface area contributed by atoms with E-state index in [1.165, 1.54) is 0 Å². The van der Waals surface area contributed by atoms with Crippen molar-refractivity contribution in [3.8, 4) is 11.1 Å². The molecule has 300 valence electrons. The molecule has 7 rings (SSSR count). The van der Waals surface area contributed by atoms with Gasteiger partial charge in [0.15, 0.2) is 0 Å². The number of amides is 3. The molecule has 1 aromatic heterocycles. The number of carboxylic acid groups (broad SMARTS) is 1. The average Bonchev–Trinajstić information content (AvgIpc) is 3.79. The molecule has 1 spiro atoms. The first-order valence-corrected chi connectivity index (χ1v) is 19.3. The third-order valence-electron chi connectivity index (χ3n) is 10.8. The van der Waals surface area contributed by atoms with Crippen LogP contribution in [0.25, 0.3) is 11.1 Å². The van der Waals surface area contributed by atoms with Crippen LogP contribution in [0.1, 0.15) is 73.5 Å². The first-order chi connectivity index (χ1) is 27.6. The molecule has 4 aromatic rings. The zero-order valence-corrected chi connectivity index (χ0v) is 32.1. The van der Waals surface area contributed by atoms with E-state index in [2.05, 4.69) is 20.9 Å². The number of benzene rings is 3. The van der Waals surface area contributed by atoms with Gasteiger partial charge in [-0.25, -0.2) is 19.1 Å². The van der Waals surface area contributed by atoms with Gasteiger partial charge in [-0.3, -0.25) is 4.79 Å². The molecule has 1 saturated heterocycles. The van der Waals surface area contributed by atoms with Crippen molar-refractivity contribution < 1.29 is 43.2 Å². The van der Waals surface area contributed by atoms with E-state index in [1.54, 1.807) is 23.4 Å². The third-order valence-corrected chi connectivity index (χ3v) is 10.8. The fraction of sp³-hybridized carbons (Fsp3) is 0.429. The topological polar surface area (TPSA) is 183 Å². The van der Waals surface area contributed by atoms with Crippen LogP contribution in [-0.2, 0) is 52.9 Å². The van der Waals surface area contributed by atoms with Crippen molar-refractivity contribution in [1.29, 1.82) is 0 Å². The summed E-state index contributed by atoms with van der Waals surface area (Å²) in [4.78, 5) is 52.9. The zero-order chi connectivity index (χ0) is 40.0. The lowest BCUT2D eigenvalue weighted by molar-refractivity contribution is -0.145. The molecule has 15 heteroatoms. The number of unbranched alkanes of at least 4 members (excludes halogenated alkanes) is 1. The highest BCUT2D eigenvalue weighted by Gasteiger charge is 2.53. The molecular formula is C42H48N6O9. The number of nitrogens with one attached hydrogen (secondary N) is 2. The fourth-order valence-electron chi connectivity index (χ4n) is 7.68. The van der Waals surface area contributed by atoms with Crippen LogP contribution in [0.15, 0.2) is 78.9 Å². The normalized spacial score (nSPS) is 16.4. The lowest BCUT2D eigenvalue weighted by Gasteiger charge is -2.47. The predicted molar refractivity (Wildman–Crippen MR) is 206 cm³/mol. The Bertz CT molecular complexity index is 2040. The number of carbonyl (C=O) groups is 4. The van der Waals surface area contributed by atoms with Crippen LogP contribution >= 0.6 is 0 Å². The van der Waals surface area contributed by atoms with Gasteiger partial charge in [-0.1, -0.05) is 84.1 Å². The molecule has 1 fully saturated rings. The lowest BCUT2D eigenvalue weighted by Crippen LogP contribution is -2.63. The molecule has 3 aliphatic rings. The highest BCUT2D eigenvalue weighted by atomic mass is 16.6. The average molecular weight is 781 g/mol. The highest BCUT2D eigenvalue weighted by molar-refractivity contribution is 5.84. The molecule has 57 heavy (non-hydrogen) atoms. The highest BCUT2D eigenvalue weighted by Crippen LogP contribution is 2.44. The number of likely N-dealkylation sites (tertiary alicyclic amines) is 1. The number of rotatable bonds is 13. The number of nitrogens with zero attached hydrogens (tertiary/aromatic N) is 4. The number of aliphatic carboxylic acids is 1. The monoisotopic (exact) mass is 780 g/mol. The van der Waals surface area contributed by atoms with Crippen LogP contribution in [0.4, 0.5) is 9.59 Å². The van der Waals surface area contributed by atoms with Gasteiger partial charge in [0.25, 0.3) is 0 Å². The van der Waals surface area contributed by atoms with Gasteiger partial charge >= 0.3 is 18.2 Å². The number of fused-ring (bicyclic) bond motifs is 5. The Morgan fingerprint density at radius 2 is 1.61 bits per heavy atom. The SMILES string of the molecule is CC(C)(C(=O)NCCCC[C@H](NC(=O)OCC1c2ccccc2-c2ccccc21)C(=O)O)n1nnc2c1COCCCOC21CN(C(=O)OCc2ccccc2)C1. The summed E-state index contributed by atoms with van der Waals surface area (Å²) in [5, 5.41) is 24.2.